The van der Waals surface area contributed by atoms with Crippen molar-refractivity contribution in [3.63, 3.8) is 0 Å². The maximum absolute atomic E-state index is 11.8. The molecule has 462 valence electrons. The van der Waals surface area contributed by atoms with Gasteiger partial charge in [-0.2, -0.15) is 0 Å². The number of hydrogen-bond acceptors (Lipinski definition) is 12. The van der Waals surface area contributed by atoms with Gasteiger partial charge in [-0.15, -0.1) is 5.76 Å². The molecule has 4 aromatic heterocycles. The van der Waals surface area contributed by atoms with Gasteiger partial charge < -0.3 is 20.4 Å². The van der Waals surface area contributed by atoms with E-state index >= 15 is 0 Å². The molecule has 0 atom stereocenters. The van der Waals surface area contributed by atoms with Crippen LogP contribution < -0.4 is 20.4 Å². The monoisotopic (exact) mass is 1780 g/mol. The molecular formula is C76H68Eu3N4O8Tb+8. The second kappa shape index (κ2) is 46.8. The second-order valence-electron chi connectivity index (χ2n) is 21.1. The first-order valence-electron chi connectivity index (χ1n) is 27.9. The topological polar surface area (TPSA) is 212 Å². The zero-order chi connectivity index (χ0) is 63.6. The Labute approximate surface area is 693 Å². The van der Waals surface area contributed by atoms with Crippen molar-refractivity contribution in [3.05, 3.63) is 344 Å². The first-order valence-corrected chi connectivity index (χ1v) is 27.9. The Morgan fingerprint density at radius 3 is 0.641 bits per heavy atom. The summed E-state index contributed by atoms with van der Waals surface area (Å²) in [4.78, 5) is 62.5. The maximum atomic E-state index is 11.8. The molecule has 0 spiro atoms. The van der Waals surface area contributed by atoms with E-state index in [2.05, 4.69) is 19.9 Å². The minimum absolute atomic E-state index is 0. The zero-order valence-electron chi connectivity index (χ0n) is 51.4. The van der Waals surface area contributed by atoms with Crippen LogP contribution in [0, 0.1) is 198 Å². The molecule has 0 radical (unpaired) electrons. The van der Waals surface area contributed by atoms with Gasteiger partial charge in [-0.25, -0.2) is 0 Å². The smallest absolute Gasteiger partial charge is 0.875 e. The summed E-state index contributed by atoms with van der Waals surface area (Å²) in [6.07, 6.45) is 18.9. The predicted octanol–water partition coefficient (Wildman–Crippen LogP) is 13.0. The fourth-order valence-corrected chi connectivity index (χ4v) is 7.20. The standard InChI is InChI=1S/3C15H12O2.C11H20O2.2C10H8N2.3Eu.Tb/c3*16-14(12-7-3-1-4-8-12)11-15(17)13-9-5-2-6-10-13;1-10(2,3)8(12)7-9(13)11(4,5)6;2*1-5-11-6-2-9(1)10-3-7-12-8-4-10;;;;/h3*1-11,16H;7,12H,1-6H3;2*1-8H;;;;/q;;;;;;4*+3/p-4/b3*14-11-;8-7-;;;;;;. The average molecular weight is 1780 g/mol. The summed E-state index contributed by atoms with van der Waals surface area (Å²) in [5, 5.41) is 46.7. The number of benzene rings is 6. The molecule has 10 rings (SSSR count). The Bertz CT molecular complexity index is 3440. The molecule has 0 N–H and O–H groups in total. The number of carbonyl (C=O) groups excluding carboxylic acids is 4. The van der Waals surface area contributed by atoms with Crippen molar-refractivity contribution >= 4 is 40.4 Å². The Morgan fingerprint density at radius 1 is 0.283 bits per heavy atom. The Morgan fingerprint density at radius 2 is 0.467 bits per heavy atom. The molecule has 10 aromatic rings. The number of pyridine rings is 4. The third-order valence-electron chi connectivity index (χ3n) is 12.3. The summed E-state index contributed by atoms with van der Waals surface area (Å²) in [5.74, 6) is -1.79. The Balaban J connectivity index is 0.000000551. The summed E-state index contributed by atoms with van der Waals surface area (Å²) in [7, 11) is 0. The van der Waals surface area contributed by atoms with Crippen LogP contribution in [0.25, 0.3) is 39.5 Å². The van der Waals surface area contributed by atoms with Crippen molar-refractivity contribution in [3.8, 4) is 22.3 Å². The molecule has 0 aliphatic rings. The van der Waals surface area contributed by atoms with Crippen LogP contribution in [0.15, 0.2) is 310 Å². The molecule has 92 heavy (non-hydrogen) atoms. The molecule has 4 heterocycles. The van der Waals surface area contributed by atoms with Crippen molar-refractivity contribution < 1.29 is 226 Å². The molecule has 6 aromatic carbocycles. The number of nitrogens with zero attached hydrogens (tertiary/aromatic N) is 4. The first-order chi connectivity index (χ1) is 42.3. The molecule has 0 amide bonds. The number of ketones is 4. The van der Waals surface area contributed by atoms with E-state index in [0.717, 1.165) is 18.2 Å². The second-order valence-corrected chi connectivity index (χ2v) is 21.1. The normalized spacial score (nSPS) is 10.8. The molecule has 0 unspecified atom stereocenters. The molecule has 12 nitrogen and oxygen atoms in total. The molecule has 16 heteroatoms. The fraction of sp³-hybridized carbons (Fsp3) is 0.105. The van der Waals surface area contributed by atoms with Gasteiger partial charge in [-0.3, -0.25) is 39.1 Å². The maximum Gasteiger partial charge on any atom is 3.00 e. The number of aromatic nitrogens is 4. The number of allylic oxidation sites excluding steroid dienone is 5. The summed E-state index contributed by atoms with van der Waals surface area (Å²) < 4.78 is 0. The Kier molecular flexibility index (Phi) is 43.2. The molecular weight excluding hydrogens is 1710 g/mol. The van der Waals surface area contributed by atoms with Gasteiger partial charge in [0.05, 0.1) is 0 Å². The molecule has 0 saturated carbocycles. The average Bonchev–Trinajstić information content (AvgIpc) is 2.51. The zero-order valence-corrected chi connectivity index (χ0v) is 60.8. The van der Waals surface area contributed by atoms with Crippen molar-refractivity contribution in [1.29, 1.82) is 0 Å². The van der Waals surface area contributed by atoms with Crippen LogP contribution in [0.1, 0.15) is 89.3 Å². The van der Waals surface area contributed by atoms with E-state index in [9.17, 15) is 39.6 Å². The SMILES string of the molecule is CC(C)(C)C(=O)/C=C(\[O-])C(C)(C)C.O=C(/C=C(\[O-])c1ccccc1)c1ccccc1.O=C(/C=C(\[O-])c1ccccc1)c1ccccc1.O=C(/C=C(\[O-])c1ccccc1)c1ccccc1.[Eu+3].[Eu+3].[Eu+3].[Tb+3].c1cc(-c2ccncc2)ccn1.c1cc(-c2ccncc2)ccn1. The molecule has 0 fully saturated rings. The quantitative estimate of drug-likeness (QED) is 0.0635. The van der Waals surface area contributed by atoms with Crippen LogP contribution in [0.5, 0.6) is 0 Å². The van der Waals surface area contributed by atoms with Crippen LogP contribution in [0.4, 0.5) is 0 Å². The van der Waals surface area contributed by atoms with Gasteiger partial charge in [0.2, 0.25) is 0 Å². The van der Waals surface area contributed by atoms with Crippen LogP contribution in [-0.4, -0.2) is 43.1 Å². The molecule has 0 bridgehead atoms. The van der Waals surface area contributed by atoms with Gasteiger partial charge in [0.1, 0.15) is 0 Å². The van der Waals surface area contributed by atoms with Gasteiger partial charge in [-0.1, -0.05) is 241 Å². The number of rotatable bonds is 12. The Hall–Kier alpha value is -5.20. The molecule has 0 aliphatic heterocycles. The summed E-state index contributed by atoms with van der Waals surface area (Å²) >= 11 is 0. The van der Waals surface area contributed by atoms with Crippen molar-refractivity contribution in [2.75, 3.05) is 0 Å². The van der Waals surface area contributed by atoms with Gasteiger partial charge in [0, 0.05) is 71.7 Å². The third-order valence-corrected chi connectivity index (χ3v) is 12.3. The van der Waals surface area contributed by atoms with Gasteiger partial charge in [0.15, 0.2) is 23.1 Å². The van der Waals surface area contributed by atoms with Gasteiger partial charge >= 0.3 is 187 Å². The third kappa shape index (κ3) is 32.8. The van der Waals surface area contributed by atoms with E-state index in [1.165, 1.54) is 28.3 Å². The van der Waals surface area contributed by atoms with E-state index in [1.807, 2.05) is 126 Å². The number of hydrogen-bond donors (Lipinski definition) is 0. The molecule has 0 saturated heterocycles. The van der Waals surface area contributed by atoms with Gasteiger partial charge in [-0.05, 0) is 117 Å². The number of carbonyl (C=O) groups is 4. The fourth-order valence-electron chi connectivity index (χ4n) is 7.20. The van der Waals surface area contributed by atoms with Gasteiger partial charge in [0.25, 0.3) is 0 Å². The van der Waals surface area contributed by atoms with E-state index in [4.69, 9.17) is 0 Å². The van der Waals surface area contributed by atoms with Crippen molar-refractivity contribution in [2.45, 2.75) is 41.5 Å². The van der Waals surface area contributed by atoms with Crippen molar-refractivity contribution in [2.24, 2.45) is 10.8 Å². The summed E-state index contributed by atoms with van der Waals surface area (Å²) in [6.45, 7) is 10.8. The first kappa shape index (κ1) is 84.8. The minimum atomic E-state index is -0.457. The van der Waals surface area contributed by atoms with E-state index in [1.54, 1.807) is 195 Å². The van der Waals surface area contributed by atoms with E-state index in [-0.39, 0.29) is 233 Å². The van der Waals surface area contributed by atoms with Crippen LogP contribution in [-0.2, 0) is 4.79 Å². The largest absolute Gasteiger partial charge is 3.00 e. The van der Waals surface area contributed by atoms with Crippen LogP contribution in [0.3, 0.4) is 0 Å². The van der Waals surface area contributed by atoms with E-state index < -0.39 is 10.8 Å². The summed E-state index contributed by atoms with van der Waals surface area (Å²) in [5.41, 5.74) is 6.93. The minimum Gasteiger partial charge on any atom is -0.875 e. The van der Waals surface area contributed by atoms with Crippen LogP contribution >= 0.6 is 0 Å². The van der Waals surface area contributed by atoms with E-state index in [0.29, 0.717) is 33.4 Å². The summed E-state index contributed by atoms with van der Waals surface area (Å²) in [6, 6.07) is 68.4. The molecule has 0 aliphatic carbocycles. The van der Waals surface area contributed by atoms with Crippen molar-refractivity contribution in [1.82, 2.24) is 19.9 Å². The predicted molar refractivity (Wildman–Crippen MR) is 343 cm³/mol. The van der Waals surface area contributed by atoms with Crippen LogP contribution in [0.2, 0.25) is 0 Å².